The molecular formula is C12H26N2. The molecule has 84 valence electrons. The molecule has 0 spiro atoms. The van der Waals surface area contributed by atoms with Crippen LogP contribution in [0.3, 0.4) is 0 Å². The Balaban J connectivity index is 2.45. The van der Waals surface area contributed by atoms with Crippen molar-refractivity contribution in [3.05, 3.63) is 0 Å². The third kappa shape index (κ3) is 3.25. The lowest BCUT2D eigenvalue weighted by molar-refractivity contribution is 0.0927. The minimum Gasteiger partial charge on any atom is -0.328 e. The Labute approximate surface area is 88.8 Å². The molecule has 0 aromatic carbocycles. The second-order valence-electron chi connectivity index (χ2n) is 4.86. The van der Waals surface area contributed by atoms with Crippen molar-refractivity contribution >= 4 is 0 Å². The zero-order valence-corrected chi connectivity index (χ0v) is 10.00. The van der Waals surface area contributed by atoms with E-state index in [2.05, 4.69) is 25.7 Å². The van der Waals surface area contributed by atoms with E-state index in [0.29, 0.717) is 12.1 Å². The van der Waals surface area contributed by atoms with Gasteiger partial charge in [-0.05, 0) is 46.1 Å². The highest BCUT2D eigenvalue weighted by molar-refractivity contribution is 4.81. The molecule has 0 radical (unpaired) electrons. The Morgan fingerprint density at radius 2 is 2.07 bits per heavy atom. The molecule has 0 bridgehead atoms. The van der Waals surface area contributed by atoms with Crippen LogP contribution in [0.2, 0.25) is 0 Å². The van der Waals surface area contributed by atoms with Gasteiger partial charge < -0.3 is 5.73 Å². The van der Waals surface area contributed by atoms with E-state index in [1.165, 1.54) is 32.2 Å². The second kappa shape index (κ2) is 5.72. The number of nitrogens with two attached hydrogens (primary N) is 1. The Morgan fingerprint density at radius 1 is 1.36 bits per heavy atom. The van der Waals surface area contributed by atoms with E-state index in [1.807, 2.05) is 0 Å². The van der Waals surface area contributed by atoms with Gasteiger partial charge in [-0.3, -0.25) is 4.90 Å². The lowest BCUT2D eigenvalue weighted by Gasteiger charge is -2.40. The Morgan fingerprint density at radius 3 is 2.64 bits per heavy atom. The molecule has 3 unspecified atom stereocenters. The Hall–Kier alpha value is -0.0800. The van der Waals surface area contributed by atoms with Gasteiger partial charge in [0.2, 0.25) is 0 Å². The first-order valence-corrected chi connectivity index (χ1v) is 6.16. The quantitative estimate of drug-likeness (QED) is 0.751. The lowest BCUT2D eigenvalue weighted by Crippen LogP contribution is -2.46. The Kier molecular flexibility index (Phi) is 4.90. The molecule has 1 heterocycles. The molecule has 0 amide bonds. The number of nitrogens with zero attached hydrogens (tertiary/aromatic N) is 1. The first-order chi connectivity index (χ1) is 6.65. The summed E-state index contributed by atoms with van der Waals surface area (Å²) in [6, 6.07) is 1.82. The average Bonchev–Trinajstić information content (AvgIpc) is 2.16. The van der Waals surface area contributed by atoms with Gasteiger partial charge >= 0.3 is 0 Å². The van der Waals surface area contributed by atoms with Crippen molar-refractivity contribution in [2.75, 3.05) is 6.54 Å². The van der Waals surface area contributed by atoms with Crippen molar-refractivity contribution in [3.8, 4) is 0 Å². The molecule has 3 atom stereocenters. The van der Waals surface area contributed by atoms with E-state index < -0.39 is 0 Å². The molecule has 1 aliphatic heterocycles. The van der Waals surface area contributed by atoms with E-state index in [4.69, 9.17) is 5.73 Å². The van der Waals surface area contributed by atoms with Gasteiger partial charge in [-0.1, -0.05) is 13.3 Å². The van der Waals surface area contributed by atoms with Crippen LogP contribution in [0.5, 0.6) is 0 Å². The molecule has 1 fully saturated rings. The molecule has 1 saturated heterocycles. The Bertz CT molecular complexity index is 156. The fourth-order valence-electron chi connectivity index (χ4n) is 2.72. The van der Waals surface area contributed by atoms with Crippen LogP contribution < -0.4 is 5.73 Å². The molecule has 1 rings (SSSR count). The van der Waals surface area contributed by atoms with Crippen LogP contribution in [0.4, 0.5) is 0 Å². The summed E-state index contributed by atoms with van der Waals surface area (Å²) in [6.45, 7) is 8.03. The van der Waals surface area contributed by atoms with Crippen LogP contribution in [0.25, 0.3) is 0 Å². The van der Waals surface area contributed by atoms with Crippen molar-refractivity contribution in [2.45, 2.75) is 71.0 Å². The smallest absolute Gasteiger partial charge is 0.00954 e. The van der Waals surface area contributed by atoms with Crippen molar-refractivity contribution in [1.29, 1.82) is 0 Å². The summed E-state index contributed by atoms with van der Waals surface area (Å²) < 4.78 is 0. The van der Waals surface area contributed by atoms with Gasteiger partial charge in [0, 0.05) is 18.1 Å². The SMILES string of the molecule is CCC1CCCCN1C(C)CC(C)N. The predicted octanol–water partition coefficient (Wildman–Crippen LogP) is 2.38. The summed E-state index contributed by atoms with van der Waals surface area (Å²) in [5.41, 5.74) is 5.86. The minimum absolute atomic E-state index is 0.337. The normalized spacial score (nSPS) is 28.7. The molecule has 0 aromatic rings. The molecule has 0 aliphatic carbocycles. The fraction of sp³-hybridized carbons (Fsp3) is 1.00. The van der Waals surface area contributed by atoms with Crippen LogP contribution in [-0.2, 0) is 0 Å². The third-order valence-corrected chi connectivity index (χ3v) is 3.42. The first-order valence-electron chi connectivity index (χ1n) is 6.16. The van der Waals surface area contributed by atoms with Crippen LogP contribution in [-0.4, -0.2) is 29.6 Å². The van der Waals surface area contributed by atoms with E-state index in [-0.39, 0.29) is 0 Å². The maximum Gasteiger partial charge on any atom is 0.00954 e. The summed E-state index contributed by atoms with van der Waals surface area (Å²) >= 11 is 0. The lowest BCUT2D eigenvalue weighted by atomic mass is 9.96. The topological polar surface area (TPSA) is 29.3 Å². The van der Waals surface area contributed by atoms with Crippen molar-refractivity contribution in [2.24, 2.45) is 5.73 Å². The monoisotopic (exact) mass is 198 g/mol. The largest absolute Gasteiger partial charge is 0.328 e. The van der Waals surface area contributed by atoms with Gasteiger partial charge in [-0.25, -0.2) is 0 Å². The number of rotatable bonds is 4. The minimum atomic E-state index is 0.337. The molecule has 1 aliphatic rings. The van der Waals surface area contributed by atoms with E-state index in [9.17, 15) is 0 Å². The van der Waals surface area contributed by atoms with Crippen LogP contribution in [0, 0.1) is 0 Å². The highest BCUT2D eigenvalue weighted by atomic mass is 15.2. The molecule has 14 heavy (non-hydrogen) atoms. The summed E-state index contributed by atoms with van der Waals surface area (Å²) in [6.07, 6.45) is 6.61. The summed E-state index contributed by atoms with van der Waals surface area (Å²) in [5.74, 6) is 0. The second-order valence-corrected chi connectivity index (χ2v) is 4.86. The van der Waals surface area contributed by atoms with E-state index in [0.717, 1.165) is 12.5 Å². The molecule has 0 saturated carbocycles. The number of piperidine rings is 1. The zero-order chi connectivity index (χ0) is 10.6. The summed E-state index contributed by atoms with van der Waals surface area (Å²) in [7, 11) is 0. The first kappa shape index (κ1) is 12.0. The van der Waals surface area contributed by atoms with E-state index >= 15 is 0 Å². The zero-order valence-electron chi connectivity index (χ0n) is 10.00. The summed E-state index contributed by atoms with van der Waals surface area (Å²) in [4.78, 5) is 2.67. The van der Waals surface area contributed by atoms with Crippen molar-refractivity contribution in [3.63, 3.8) is 0 Å². The maximum absolute atomic E-state index is 5.86. The fourth-order valence-corrected chi connectivity index (χ4v) is 2.72. The molecule has 2 nitrogen and oxygen atoms in total. The molecular weight excluding hydrogens is 172 g/mol. The number of likely N-dealkylation sites (tertiary alicyclic amines) is 1. The van der Waals surface area contributed by atoms with Crippen LogP contribution in [0.1, 0.15) is 52.9 Å². The van der Waals surface area contributed by atoms with Crippen molar-refractivity contribution in [1.82, 2.24) is 4.90 Å². The predicted molar refractivity (Wildman–Crippen MR) is 62.4 cm³/mol. The van der Waals surface area contributed by atoms with Crippen LogP contribution >= 0.6 is 0 Å². The van der Waals surface area contributed by atoms with E-state index in [1.54, 1.807) is 0 Å². The number of hydrogen-bond acceptors (Lipinski definition) is 2. The van der Waals surface area contributed by atoms with Gasteiger partial charge in [0.15, 0.2) is 0 Å². The average molecular weight is 198 g/mol. The van der Waals surface area contributed by atoms with Gasteiger partial charge in [-0.15, -0.1) is 0 Å². The molecule has 0 aromatic heterocycles. The highest BCUT2D eigenvalue weighted by Crippen LogP contribution is 2.23. The maximum atomic E-state index is 5.86. The van der Waals surface area contributed by atoms with Gasteiger partial charge in [0.1, 0.15) is 0 Å². The van der Waals surface area contributed by atoms with Gasteiger partial charge in [-0.2, -0.15) is 0 Å². The van der Waals surface area contributed by atoms with Gasteiger partial charge in [0.25, 0.3) is 0 Å². The van der Waals surface area contributed by atoms with Crippen LogP contribution in [0.15, 0.2) is 0 Å². The highest BCUT2D eigenvalue weighted by Gasteiger charge is 2.25. The standard InChI is InChI=1S/C12H26N2/c1-4-12-7-5-6-8-14(12)11(3)9-10(2)13/h10-12H,4-9,13H2,1-3H3. The van der Waals surface area contributed by atoms with Crippen molar-refractivity contribution < 1.29 is 0 Å². The third-order valence-electron chi connectivity index (χ3n) is 3.42. The molecule has 2 N–H and O–H groups in total. The van der Waals surface area contributed by atoms with Gasteiger partial charge in [0.05, 0.1) is 0 Å². The molecule has 2 heteroatoms. The summed E-state index contributed by atoms with van der Waals surface area (Å²) in [5, 5.41) is 0. The number of hydrogen-bond donors (Lipinski definition) is 1.